The molecule has 136 valence electrons. The predicted octanol–water partition coefficient (Wildman–Crippen LogP) is 2.43. The van der Waals surface area contributed by atoms with Crippen LogP contribution in [0.3, 0.4) is 0 Å². The van der Waals surface area contributed by atoms with Crippen LogP contribution in [0.2, 0.25) is 0 Å². The fourth-order valence-corrected chi connectivity index (χ4v) is 2.27. The maximum absolute atomic E-state index is 12.0. The fourth-order valence-electron chi connectivity index (χ4n) is 2.27. The van der Waals surface area contributed by atoms with E-state index < -0.39 is 29.5 Å². The molecule has 2 rings (SSSR count). The number of anilines is 1. The van der Waals surface area contributed by atoms with E-state index in [1.54, 1.807) is 50.2 Å². The van der Waals surface area contributed by atoms with Crippen molar-refractivity contribution in [2.75, 3.05) is 11.9 Å². The van der Waals surface area contributed by atoms with Gasteiger partial charge in [-0.25, -0.2) is 4.79 Å². The number of nitro benzene ring substituents is 1. The maximum Gasteiger partial charge on any atom is 0.340 e. The molecule has 0 saturated heterocycles. The monoisotopic (exact) mass is 358 g/mol. The minimum Gasteiger partial charge on any atom is -0.453 e. The van der Waals surface area contributed by atoms with Crippen molar-refractivity contribution in [1.82, 2.24) is 0 Å². The average molecular weight is 358 g/mol. The third kappa shape index (κ3) is 4.42. The van der Waals surface area contributed by atoms with Crippen LogP contribution >= 0.6 is 0 Å². The molecule has 0 unspecified atom stereocenters. The zero-order valence-corrected chi connectivity index (χ0v) is 14.3. The van der Waals surface area contributed by atoms with E-state index >= 15 is 0 Å². The first-order valence-corrected chi connectivity index (χ1v) is 7.75. The number of nitro groups is 1. The highest BCUT2D eigenvalue weighted by Crippen LogP contribution is 2.30. The van der Waals surface area contributed by atoms with Gasteiger partial charge < -0.3 is 15.2 Å². The highest BCUT2D eigenvalue weighted by Gasteiger charge is 2.22. The molecule has 2 aromatic carbocycles. The van der Waals surface area contributed by atoms with E-state index in [2.05, 4.69) is 5.32 Å². The van der Waals surface area contributed by atoms with E-state index in [-0.39, 0.29) is 11.4 Å². The predicted molar refractivity (Wildman–Crippen MR) is 93.6 cm³/mol. The lowest BCUT2D eigenvalue weighted by molar-refractivity contribution is -0.384. The Morgan fingerprint density at radius 1 is 1.19 bits per heavy atom. The molecular weight excluding hydrogens is 340 g/mol. The molecule has 0 saturated carbocycles. The minimum absolute atomic E-state index is 0.0552. The number of nitrogens with zero attached hydrogens (tertiary/aromatic N) is 1. The van der Waals surface area contributed by atoms with Crippen molar-refractivity contribution < 1.29 is 24.4 Å². The summed E-state index contributed by atoms with van der Waals surface area (Å²) < 4.78 is 4.79. The molecule has 8 heteroatoms. The summed E-state index contributed by atoms with van der Waals surface area (Å²) in [6.07, 6.45) is -1.51. The standard InChI is InChI=1S/C18H18N2O6/c1-11-8-9-14(20(24)25)16(12(11)2)19-15(21)10-26-18(23)17(22)13-6-4-3-5-7-13/h3-9,17,22H,10H2,1-2H3,(H,19,21)/t17-/m0/s1. The third-order valence-electron chi connectivity index (χ3n) is 3.86. The van der Waals surface area contributed by atoms with Crippen LogP contribution in [0, 0.1) is 24.0 Å². The Kier molecular flexibility index (Phi) is 6.03. The highest BCUT2D eigenvalue weighted by molar-refractivity contribution is 5.96. The van der Waals surface area contributed by atoms with E-state index in [0.717, 1.165) is 5.56 Å². The van der Waals surface area contributed by atoms with Gasteiger partial charge in [-0.15, -0.1) is 0 Å². The lowest BCUT2D eigenvalue weighted by Crippen LogP contribution is -2.24. The highest BCUT2D eigenvalue weighted by atomic mass is 16.6. The van der Waals surface area contributed by atoms with Crippen molar-refractivity contribution in [2.24, 2.45) is 0 Å². The van der Waals surface area contributed by atoms with Crippen molar-refractivity contribution in [3.63, 3.8) is 0 Å². The first kappa shape index (κ1) is 19.1. The van der Waals surface area contributed by atoms with Gasteiger partial charge in [-0.3, -0.25) is 14.9 Å². The molecule has 2 aromatic rings. The first-order chi connectivity index (χ1) is 12.3. The van der Waals surface area contributed by atoms with Gasteiger partial charge in [0.15, 0.2) is 12.7 Å². The zero-order valence-electron chi connectivity index (χ0n) is 14.3. The summed E-state index contributed by atoms with van der Waals surface area (Å²) in [6.45, 7) is 2.72. The van der Waals surface area contributed by atoms with Gasteiger partial charge in [0, 0.05) is 6.07 Å². The normalized spacial score (nSPS) is 11.5. The number of ether oxygens (including phenoxy) is 1. The van der Waals surface area contributed by atoms with Crippen LogP contribution in [-0.2, 0) is 14.3 Å². The van der Waals surface area contributed by atoms with Crippen molar-refractivity contribution in [3.8, 4) is 0 Å². The van der Waals surface area contributed by atoms with Crippen LogP contribution in [0.15, 0.2) is 42.5 Å². The smallest absolute Gasteiger partial charge is 0.340 e. The fraction of sp³-hybridized carbons (Fsp3) is 0.222. The maximum atomic E-state index is 12.0. The molecule has 0 fully saturated rings. The summed E-state index contributed by atoms with van der Waals surface area (Å²) in [7, 11) is 0. The minimum atomic E-state index is -1.51. The Morgan fingerprint density at radius 3 is 2.46 bits per heavy atom. The summed E-state index contributed by atoms with van der Waals surface area (Å²) >= 11 is 0. The number of hydrogen-bond donors (Lipinski definition) is 2. The van der Waals surface area contributed by atoms with Gasteiger partial charge in [0.05, 0.1) is 4.92 Å². The van der Waals surface area contributed by atoms with Gasteiger partial charge in [0.1, 0.15) is 5.69 Å². The lowest BCUT2D eigenvalue weighted by Gasteiger charge is -2.13. The number of rotatable bonds is 6. The molecule has 0 bridgehead atoms. The quantitative estimate of drug-likeness (QED) is 0.465. The summed E-state index contributed by atoms with van der Waals surface area (Å²) in [5.41, 5.74) is 1.45. The number of aliphatic hydroxyl groups is 1. The molecule has 2 N–H and O–H groups in total. The number of nitrogens with one attached hydrogen (secondary N) is 1. The number of carbonyl (C=O) groups excluding carboxylic acids is 2. The molecule has 1 amide bonds. The van der Waals surface area contributed by atoms with Gasteiger partial charge in [-0.1, -0.05) is 36.4 Å². The number of carbonyl (C=O) groups is 2. The number of amides is 1. The molecule has 26 heavy (non-hydrogen) atoms. The summed E-state index contributed by atoms with van der Waals surface area (Å²) in [5.74, 6) is -1.72. The topological polar surface area (TPSA) is 119 Å². The van der Waals surface area contributed by atoms with E-state index in [1.807, 2.05) is 0 Å². The number of benzene rings is 2. The van der Waals surface area contributed by atoms with Gasteiger partial charge in [0.25, 0.3) is 11.6 Å². The third-order valence-corrected chi connectivity index (χ3v) is 3.86. The molecular formula is C18H18N2O6. The van der Waals surface area contributed by atoms with Crippen molar-refractivity contribution >= 4 is 23.3 Å². The van der Waals surface area contributed by atoms with E-state index in [1.165, 1.54) is 6.07 Å². The van der Waals surface area contributed by atoms with Crippen molar-refractivity contribution in [2.45, 2.75) is 20.0 Å². The van der Waals surface area contributed by atoms with Gasteiger partial charge >= 0.3 is 5.97 Å². The van der Waals surface area contributed by atoms with Crippen LogP contribution in [0.4, 0.5) is 11.4 Å². The SMILES string of the molecule is Cc1ccc([N+](=O)[O-])c(NC(=O)COC(=O)[C@@H](O)c2ccccc2)c1C. The average Bonchev–Trinajstić information content (AvgIpc) is 2.63. The van der Waals surface area contributed by atoms with Crippen molar-refractivity contribution in [3.05, 3.63) is 69.3 Å². The molecule has 0 aromatic heterocycles. The first-order valence-electron chi connectivity index (χ1n) is 7.75. The summed E-state index contributed by atoms with van der Waals surface area (Å²) in [4.78, 5) is 34.4. The molecule has 8 nitrogen and oxygen atoms in total. The van der Waals surface area contributed by atoms with Crippen molar-refractivity contribution in [1.29, 1.82) is 0 Å². The second kappa shape index (κ2) is 8.21. The number of esters is 1. The molecule has 0 aliphatic heterocycles. The Morgan fingerprint density at radius 2 is 1.85 bits per heavy atom. The molecule has 0 spiro atoms. The van der Waals surface area contributed by atoms with E-state index in [9.17, 15) is 24.8 Å². The van der Waals surface area contributed by atoms with Crippen LogP contribution < -0.4 is 5.32 Å². The van der Waals surface area contributed by atoms with Crippen LogP contribution in [0.1, 0.15) is 22.8 Å². The second-order valence-electron chi connectivity index (χ2n) is 5.63. The van der Waals surface area contributed by atoms with Gasteiger partial charge in [-0.05, 0) is 30.5 Å². The summed E-state index contributed by atoms with van der Waals surface area (Å²) in [6, 6.07) is 11.0. The molecule has 1 atom stereocenters. The van der Waals surface area contributed by atoms with Crippen LogP contribution in [-0.4, -0.2) is 28.5 Å². The Bertz CT molecular complexity index is 835. The number of aryl methyl sites for hydroxylation is 1. The number of aliphatic hydroxyl groups excluding tert-OH is 1. The molecule has 0 radical (unpaired) electrons. The lowest BCUT2D eigenvalue weighted by atomic mass is 10.1. The van der Waals surface area contributed by atoms with E-state index in [4.69, 9.17) is 4.74 Å². The van der Waals surface area contributed by atoms with Crippen LogP contribution in [0.5, 0.6) is 0 Å². The molecule has 0 heterocycles. The van der Waals surface area contributed by atoms with Crippen LogP contribution in [0.25, 0.3) is 0 Å². The second-order valence-corrected chi connectivity index (χ2v) is 5.63. The Labute approximate surface area is 149 Å². The zero-order chi connectivity index (χ0) is 19.3. The number of hydrogen-bond acceptors (Lipinski definition) is 6. The van der Waals surface area contributed by atoms with Gasteiger partial charge in [-0.2, -0.15) is 0 Å². The largest absolute Gasteiger partial charge is 0.453 e. The Balaban J connectivity index is 2.03. The molecule has 0 aliphatic rings. The van der Waals surface area contributed by atoms with Gasteiger partial charge in [0.2, 0.25) is 0 Å². The summed E-state index contributed by atoms with van der Waals surface area (Å²) in [5, 5.41) is 23.4. The molecule has 0 aliphatic carbocycles. The Hall–Kier alpha value is -3.26. The van der Waals surface area contributed by atoms with E-state index in [0.29, 0.717) is 11.1 Å².